The van der Waals surface area contributed by atoms with Crippen LogP contribution in [0.25, 0.3) is 5.65 Å². The molecule has 4 rings (SSSR count). The first-order chi connectivity index (χ1) is 17.0. The number of carboxylic acids is 1. The number of hydrogen-bond acceptors (Lipinski definition) is 6. The fourth-order valence-electron chi connectivity index (χ4n) is 3.21. The summed E-state index contributed by atoms with van der Waals surface area (Å²) in [7, 11) is 0. The van der Waals surface area contributed by atoms with Crippen LogP contribution in [-0.4, -0.2) is 37.5 Å². The molecule has 1 aromatic carbocycles. The summed E-state index contributed by atoms with van der Waals surface area (Å²) >= 11 is 0.992. The topological polar surface area (TPSA) is 126 Å². The number of aromatic carboxylic acids is 1. The molecule has 0 aliphatic rings. The van der Waals surface area contributed by atoms with Crippen LogP contribution in [0, 0.1) is 5.82 Å². The lowest BCUT2D eigenvalue weighted by molar-refractivity contribution is -0.140. The third-order valence-corrected chi connectivity index (χ3v) is 5.98. The Bertz CT molecular complexity index is 1480. The highest BCUT2D eigenvalue weighted by Crippen LogP contribution is 2.31. The minimum Gasteiger partial charge on any atom is -0.477 e. The smallest absolute Gasteiger partial charge is 0.419 e. The predicted octanol–water partition coefficient (Wildman–Crippen LogP) is 3.51. The Hall–Kier alpha value is -4.33. The molecule has 0 bridgehead atoms. The summed E-state index contributed by atoms with van der Waals surface area (Å²) in [6.45, 7) is -0.324. The van der Waals surface area contributed by atoms with Crippen LogP contribution in [0.15, 0.2) is 48.7 Å². The summed E-state index contributed by atoms with van der Waals surface area (Å²) in [5.41, 5.74) is -1.52. The number of carboxylic acid groups (broad SMARTS) is 1. The summed E-state index contributed by atoms with van der Waals surface area (Å²) in [5.74, 6) is -3.92. The molecule has 0 saturated carbocycles. The largest absolute Gasteiger partial charge is 0.477 e. The Kier molecular flexibility index (Phi) is 6.70. The molecule has 2 amide bonds. The van der Waals surface area contributed by atoms with Crippen LogP contribution in [0.5, 0.6) is 0 Å². The molecule has 0 saturated heterocycles. The van der Waals surface area contributed by atoms with Gasteiger partial charge in [-0.1, -0.05) is 6.07 Å². The average molecular weight is 521 g/mol. The van der Waals surface area contributed by atoms with Crippen molar-refractivity contribution >= 4 is 34.8 Å². The molecule has 3 N–H and O–H groups in total. The fourth-order valence-corrected chi connectivity index (χ4v) is 4.00. The third kappa shape index (κ3) is 5.33. The number of carbonyl (C=O) groups excluding carboxylic acids is 2. The standard InChI is InChI=1S/C22H15F4N5O4S/c23-14-3-1-11(7-13(14)22(24,25)26)9-27-19(32)15-8-16(31-18(30-15)5-6-29-31)20(33)28-10-12-2-4-17(36-12)21(34)35/h1-8H,9-10H2,(H,27,32)(H,28,33)(H,34,35). The van der Waals surface area contributed by atoms with Crippen LogP contribution >= 0.6 is 11.3 Å². The van der Waals surface area contributed by atoms with Gasteiger partial charge in [-0.25, -0.2) is 18.7 Å². The summed E-state index contributed by atoms with van der Waals surface area (Å²) in [5, 5.41) is 18.0. The van der Waals surface area contributed by atoms with E-state index in [9.17, 15) is 31.9 Å². The number of amides is 2. The van der Waals surface area contributed by atoms with Gasteiger partial charge in [0.2, 0.25) is 0 Å². The number of nitrogens with zero attached hydrogens (tertiary/aromatic N) is 3. The van der Waals surface area contributed by atoms with Crippen molar-refractivity contribution in [3.8, 4) is 0 Å². The maximum absolute atomic E-state index is 13.5. The number of nitrogens with one attached hydrogen (secondary N) is 2. The molecule has 0 spiro atoms. The van der Waals surface area contributed by atoms with Crippen LogP contribution in [0.4, 0.5) is 17.6 Å². The molecule has 36 heavy (non-hydrogen) atoms. The summed E-state index contributed by atoms with van der Waals surface area (Å²) in [4.78, 5) is 41.3. The number of fused-ring (bicyclic) bond motifs is 1. The van der Waals surface area contributed by atoms with Crippen LogP contribution in [-0.2, 0) is 19.3 Å². The Labute approximate surface area is 203 Å². The first kappa shape index (κ1) is 24.8. The summed E-state index contributed by atoms with van der Waals surface area (Å²) < 4.78 is 53.5. The molecule has 0 aliphatic carbocycles. The monoisotopic (exact) mass is 521 g/mol. The molecule has 0 fully saturated rings. The molecule has 0 aliphatic heterocycles. The van der Waals surface area contributed by atoms with Crippen LogP contribution in [0.1, 0.15) is 46.7 Å². The highest BCUT2D eigenvalue weighted by molar-refractivity contribution is 7.13. The summed E-state index contributed by atoms with van der Waals surface area (Å²) in [6, 6.07) is 7.95. The van der Waals surface area contributed by atoms with Crippen LogP contribution in [0.3, 0.4) is 0 Å². The van der Waals surface area contributed by atoms with Gasteiger partial charge in [0, 0.05) is 23.6 Å². The van der Waals surface area contributed by atoms with E-state index in [2.05, 4.69) is 20.7 Å². The second-order valence-corrected chi connectivity index (χ2v) is 8.54. The number of benzene rings is 1. The first-order valence-corrected chi connectivity index (χ1v) is 10.9. The maximum atomic E-state index is 13.5. The minimum atomic E-state index is -4.89. The van der Waals surface area contributed by atoms with E-state index in [0.717, 1.165) is 23.5 Å². The number of halogens is 4. The minimum absolute atomic E-state index is 0.0113. The van der Waals surface area contributed by atoms with Gasteiger partial charge in [0.1, 0.15) is 22.1 Å². The van der Waals surface area contributed by atoms with Crippen molar-refractivity contribution < 1.29 is 37.1 Å². The zero-order chi connectivity index (χ0) is 26.0. The van der Waals surface area contributed by atoms with E-state index in [4.69, 9.17) is 5.11 Å². The molecule has 14 heteroatoms. The number of aromatic nitrogens is 3. The number of carbonyl (C=O) groups is 3. The quantitative estimate of drug-likeness (QED) is 0.320. The maximum Gasteiger partial charge on any atom is 0.419 e. The van der Waals surface area contributed by atoms with Gasteiger partial charge in [0.15, 0.2) is 5.65 Å². The lowest BCUT2D eigenvalue weighted by Gasteiger charge is -2.11. The third-order valence-electron chi connectivity index (χ3n) is 4.91. The zero-order valence-electron chi connectivity index (χ0n) is 18.0. The molecule has 3 aromatic heterocycles. The highest BCUT2D eigenvalue weighted by atomic mass is 32.1. The van der Waals surface area contributed by atoms with Gasteiger partial charge in [0.05, 0.1) is 18.3 Å². The molecular weight excluding hydrogens is 506 g/mol. The van der Waals surface area contributed by atoms with Crippen molar-refractivity contribution in [2.75, 3.05) is 0 Å². The van der Waals surface area contributed by atoms with Crippen LogP contribution in [0.2, 0.25) is 0 Å². The highest BCUT2D eigenvalue weighted by Gasteiger charge is 2.34. The second-order valence-electron chi connectivity index (χ2n) is 7.38. The molecule has 186 valence electrons. The van der Waals surface area contributed by atoms with E-state index in [-0.39, 0.29) is 40.6 Å². The number of hydrogen-bond donors (Lipinski definition) is 3. The van der Waals surface area contributed by atoms with Crippen molar-refractivity contribution in [2.24, 2.45) is 0 Å². The van der Waals surface area contributed by atoms with E-state index >= 15 is 0 Å². The normalized spacial score (nSPS) is 11.4. The second kappa shape index (κ2) is 9.73. The van der Waals surface area contributed by atoms with E-state index in [1.54, 1.807) is 6.07 Å². The number of thiophene rings is 1. The van der Waals surface area contributed by atoms with Gasteiger partial charge in [-0.2, -0.15) is 18.3 Å². The Balaban J connectivity index is 1.50. The fraction of sp³-hybridized carbons (Fsp3) is 0.136. The SMILES string of the molecule is O=C(NCc1ccc(F)c(C(F)(F)F)c1)c1cc(C(=O)NCc2ccc(C(=O)O)s2)n2nccc2n1. The molecule has 9 nitrogen and oxygen atoms in total. The van der Waals surface area contributed by atoms with Gasteiger partial charge in [-0.05, 0) is 29.8 Å². The van der Waals surface area contributed by atoms with Gasteiger partial charge in [0.25, 0.3) is 11.8 Å². The van der Waals surface area contributed by atoms with Crippen LogP contribution < -0.4 is 10.6 Å². The van der Waals surface area contributed by atoms with Crippen molar-refractivity contribution in [3.63, 3.8) is 0 Å². The Morgan fingerprint density at radius 1 is 1.00 bits per heavy atom. The van der Waals surface area contributed by atoms with Crippen molar-refractivity contribution in [3.05, 3.63) is 86.7 Å². The van der Waals surface area contributed by atoms with Crippen molar-refractivity contribution in [1.29, 1.82) is 0 Å². The van der Waals surface area contributed by atoms with Gasteiger partial charge in [-0.3, -0.25) is 9.59 Å². The first-order valence-electron chi connectivity index (χ1n) is 10.1. The molecule has 0 atom stereocenters. The molecular formula is C22H15F4N5O4S. The number of alkyl halides is 3. The van der Waals surface area contributed by atoms with E-state index in [1.807, 2.05) is 0 Å². The Morgan fingerprint density at radius 3 is 2.44 bits per heavy atom. The average Bonchev–Trinajstić information content (AvgIpc) is 3.50. The Morgan fingerprint density at radius 2 is 1.75 bits per heavy atom. The van der Waals surface area contributed by atoms with Crippen molar-refractivity contribution in [2.45, 2.75) is 19.3 Å². The molecule has 0 radical (unpaired) electrons. The predicted molar refractivity (Wildman–Crippen MR) is 118 cm³/mol. The molecule has 4 aromatic rings. The van der Waals surface area contributed by atoms with Gasteiger partial charge >= 0.3 is 12.1 Å². The lowest BCUT2D eigenvalue weighted by atomic mass is 10.1. The van der Waals surface area contributed by atoms with E-state index < -0.39 is 35.3 Å². The molecule has 3 heterocycles. The number of rotatable bonds is 7. The zero-order valence-corrected chi connectivity index (χ0v) is 18.8. The summed E-state index contributed by atoms with van der Waals surface area (Å²) in [6.07, 6.45) is -3.53. The lowest BCUT2D eigenvalue weighted by Crippen LogP contribution is -2.28. The van der Waals surface area contributed by atoms with Crippen molar-refractivity contribution in [1.82, 2.24) is 25.2 Å². The van der Waals surface area contributed by atoms with Gasteiger partial charge < -0.3 is 15.7 Å². The molecule has 0 unspecified atom stereocenters. The van der Waals surface area contributed by atoms with Gasteiger partial charge in [-0.15, -0.1) is 11.3 Å². The van der Waals surface area contributed by atoms with E-state index in [1.165, 1.54) is 22.8 Å². The van der Waals surface area contributed by atoms with E-state index in [0.29, 0.717) is 17.0 Å².